The highest BCUT2D eigenvalue weighted by Crippen LogP contribution is 2.33. The molecule has 0 radical (unpaired) electrons. The highest BCUT2D eigenvalue weighted by molar-refractivity contribution is 8.13. The van der Waals surface area contributed by atoms with Crippen molar-refractivity contribution in [1.82, 2.24) is 4.57 Å². The fraction of sp³-hybridized carbons (Fsp3) is 0.429. The highest BCUT2D eigenvalue weighted by Gasteiger charge is 2.28. The maximum atomic E-state index is 14.0. The number of pyridine rings is 1. The number of rotatable bonds is 10. The van der Waals surface area contributed by atoms with E-state index in [-0.39, 0.29) is 16.0 Å². The Balaban J connectivity index is 0.000000480. The van der Waals surface area contributed by atoms with Crippen molar-refractivity contribution in [2.45, 2.75) is 84.0 Å². The van der Waals surface area contributed by atoms with Gasteiger partial charge in [-0.2, -0.15) is 10.5 Å². The normalized spacial score (nSPS) is 12.4. The molecule has 0 saturated heterocycles. The third kappa shape index (κ3) is 10.6. The van der Waals surface area contributed by atoms with E-state index >= 15 is 0 Å². The van der Waals surface area contributed by atoms with E-state index < -0.39 is 11.5 Å². The fourth-order valence-electron chi connectivity index (χ4n) is 4.33. The number of hydrogen-bond acceptors (Lipinski definition) is 1. The van der Waals surface area contributed by atoms with Gasteiger partial charge in [0, 0.05) is 35.9 Å². The minimum atomic E-state index is -3.07. The second-order valence-electron chi connectivity index (χ2n) is 10.4. The highest BCUT2D eigenvalue weighted by atomic mass is 32.2. The Morgan fingerprint density at radius 1 is 1.05 bits per heavy atom. The van der Waals surface area contributed by atoms with Crippen LogP contribution in [0, 0.1) is 5.92 Å². The van der Waals surface area contributed by atoms with Crippen LogP contribution in [0.2, 0.25) is 0 Å². The van der Waals surface area contributed by atoms with Crippen molar-refractivity contribution >= 4 is 27.3 Å². The van der Waals surface area contributed by atoms with Crippen LogP contribution in [-0.4, -0.2) is 16.7 Å². The SMILES string of the molecule is C=CC(=C)C(CC)CCCC.C=S(C)c1ccc(Cc2ccc3c(c2)c(C(C)(F)F)cc(=O)n3C)cc1.CCC. The lowest BCUT2D eigenvalue weighted by atomic mass is 9.92. The van der Waals surface area contributed by atoms with Gasteiger partial charge in [-0.05, 0) is 66.8 Å². The zero-order valence-electron chi connectivity index (χ0n) is 25.7. The number of fused-ring (bicyclic) bond motifs is 1. The lowest BCUT2D eigenvalue weighted by molar-refractivity contribution is 0.0189. The third-order valence-corrected chi connectivity index (χ3v) is 7.78. The van der Waals surface area contributed by atoms with Crippen LogP contribution in [0.1, 0.15) is 83.4 Å². The number of nitrogens with zero attached hydrogens (tertiary/aromatic N) is 1. The molecule has 1 heterocycles. The molecule has 0 N–H and O–H groups in total. The predicted molar refractivity (Wildman–Crippen MR) is 176 cm³/mol. The summed E-state index contributed by atoms with van der Waals surface area (Å²) in [6, 6.07) is 14.6. The van der Waals surface area contributed by atoms with Gasteiger partial charge in [0.1, 0.15) is 0 Å². The molecule has 3 aromatic rings. The number of benzene rings is 2. The van der Waals surface area contributed by atoms with Gasteiger partial charge in [-0.25, -0.2) is 8.78 Å². The van der Waals surface area contributed by atoms with Crippen LogP contribution < -0.4 is 5.56 Å². The molecule has 0 fully saturated rings. The summed E-state index contributed by atoms with van der Waals surface area (Å²) in [5.74, 6) is 1.63. The average molecular weight is 570 g/mol. The first-order valence-electron chi connectivity index (χ1n) is 14.2. The van der Waals surface area contributed by atoms with Gasteiger partial charge in [0.15, 0.2) is 0 Å². The Bertz CT molecular complexity index is 1320. The molecule has 0 aliphatic carbocycles. The number of unbranched alkanes of at least 4 members (excludes halogenated alkanes) is 1. The Labute approximate surface area is 243 Å². The second-order valence-corrected chi connectivity index (χ2v) is 12.1. The van der Waals surface area contributed by atoms with Crippen LogP contribution >= 0.6 is 10.5 Å². The Hall–Kier alpha value is -2.79. The van der Waals surface area contributed by atoms with Crippen molar-refractivity contribution in [3.05, 3.63) is 100 Å². The first kappa shape index (κ1) is 35.2. The summed E-state index contributed by atoms with van der Waals surface area (Å²) in [6.07, 6.45) is 10.9. The molecule has 2 atom stereocenters. The molecular formula is C35H49F2NOS. The zero-order valence-corrected chi connectivity index (χ0v) is 26.5. The quantitative estimate of drug-likeness (QED) is 0.176. The van der Waals surface area contributed by atoms with Crippen molar-refractivity contribution in [3.63, 3.8) is 0 Å². The molecule has 40 heavy (non-hydrogen) atoms. The number of aryl methyl sites for hydroxylation is 1. The summed E-state index contributed by atoms with van der Waals surface area (Å²) in [6.45, 7) is 17.2. The molecule has 0 aliphatic rings. The Morgan fingerprint density at radius 3 is 2.10 bits per heavy atom. The van der Waals surface area contributed by atoms with Gasteiger partial charge >= 0.3 is 0 Å². The number of halogens is 2. The topological polar surface area (TPSA) is 22.0 Å². The second kappa shape index (κ2) is 17.1. The van der Waals surface area contributed by atoms with Crippen molar-refractivity contribution in [3.8, 4) is 0 Å². The van der Waals surface area contributed by atoms with Crippen LogP contribution in [0.15, 0.2) is 83.0 Å². The summed E-state index contributed by atoms with van der Waals surface area (Å²) in [4.78, 5) is 13.2. The van der Waals surface area contributed by atoms with Crippen molar-refractivity contribution in [2.24, 2.45) is 13.0 Å². The van der Waals surface area contributed by atoms with Gasteiger partial charge in [0.2, 0.25) is 0 Å². The van der Waals surface area contributed by atoms with Gasteiger partial charge in [0.05, 0.1) is 5.52 Å². The summed E-state index contributed by atoms with van der Waals surface area (Å²) >= 11 is 0. The largest absolute Gasteiger partial charge is 0.311 e. The van der Waals surface area contributed by atoms with E-state index in [1.165, 1.54) is 47.1 Å². The Morgan fingerprint density at radius 2 is 1.62 bits per heavy atom. The monoisotopic (exact) mass is 569 g/mol. The molecule has 0 aliphatic heterocycles. The van der Waals surface area contributed by atoms with Gasteiger partial charge in [-0.3, -0.25) is 4.79 Å². The van der Waals surface area contributed by atoms with E-state index in [1.807, 2.05) is 24.3 Å². The van der Waals surface area contributed by atoms with E-state index in [9.17, 15) is 13.6 Å². The fourth-order valence-corrected chi connectivity index (χ4v) is 4.93. The van der Waals surface area contributed by atoms with E-state index in [0.717, 1.165) is 24.1 Å². The number of aromatic nitrogens is 1. The summed E-state index contributed by atoms with van der Waals surface area (Å²) < 4.78 is 29.4. The predicted octanol–water partition coefficient (Wildman–Crippen LogP) is 10.3. The molecule has 0 amide bonds. The van der Waals surface area contributed by atoms with E-state index in [0.29, 0.717) is 23.2 Å². The number of allylic oxidation sites excluding steroid dienone is 2. The lowest BCUT2D eigenvalue weighted by Crippen LogP contribution is -2.21. The molecule has 2 unspecified atom stereocenters. The molecule has 0 bridgehead atoms. The van der Waals surface area contributed by atoms with Crippen LogP contribution in [0.4, 0.5) is 8.78 Å². The summed E-state index contributed by atoms with van der Waals surface area (Å²) in [5, 5.41) is 0.418. The van der Waals surface area contributed by atoms with Crippen LogP contribution in [0.5, 0.6) is 0 Å². The lowest BCUT2D eigenvalue weighted by Gasteiger charge is -2.16. The summed E-state index contributed by atoms with van der Waals surface area (Å²) in [5.41, 5.74) is 3.11. The van der Waals surface area contributed by atoms with Gasteiger partial charge in [-0.15, -0.1) is 0 Å². The van der Waals surface area contributed by atoms with E-state index in [4.69, 9.17) is 0 Å². The first-order chi connectivity index (χ1) is 18.8. The summed E-state index contributed by atoms with van der Waals surface area (Å²) in [7, 11) is 1.56. The minimum Gasteiger partial charge on any atom is -0.311 e. The van der Waals surface area contributed by atoms with Crippen molar-refractivity contribution in [1.29, 1.82) is 0 Å². The van der Waals surface area contributed by atoms with E-state index in [1.54, 1.807) is 19.2 Å². The maximum Gasteiger partial charge on any atom is 0.271 e. The third-order valence-electron chi connectivity index (χ3n) is 6.70. The maximum absolute atomic E-state index is 14.0. The molecule has 220 valence electrons. The van der Waals surface area contributed by atoms with E-state index in [2.05, 4.69) is 65.1 Å². The average Bonchev–Trinajstić information content (AvgIpc) is 2.91. The van der Waals surface area contributed by atoms with Gasteiger partial charge in [0.25, 0.3) is 11.5 Å². The van der Waals surface area contributed by atoms with Crippen LogP contribution in [0.25, 0.3) is 10.9 Å². The number of alkyl halides is 2. The van der Waals surface area contributed by atoms with Crippen LogP contribution in [0.3, 0.4) is 0 Å². The zero-order chi connectivity index (χ0) is 30.5. The van der Waals surface area contributed by atoms with Gasteiger partial charge in [-0.1, -0.05) is 95.8 Å². The first-order valence-corrected chi connectivity index (χ1v) is 16.0. The molecule has 0 spiro atoms. The standard InChI is InChI=1S/C21H21F2NOS.C11H20.C3H8/c1-21(22,23)18-13-20(25)24(2)19-10-7-15(12-17(18)19)11-14-5-8-16(9-6-14)26(3)4;1-5-8-9-11(7-3)10(4)6-2;1-3-2/h5-10,12-13H,3,11H2,1-2,4H3;6,11H,2,4-5,7-9H2,1,3H3;3H2,1-2H3. The molecule has 3 rings (SSSR count). The van der Waals surface area contributed by atoms with Crippen molar-refractivity contribution < 1.29 is 8.78 Å². The molecule has 1 aromatic heterocycles. The Kier molecular flexibility index (Phi) is 15.1. The molecule has 5 heteroatoms. The molecule has 2 aromatic carbocycles. The van der Waals surface area contributed by atoms with Crippen LogP contribution in [-0.2, 0) is 19.4 Å². The molecule has 2 nitrogen and oxygen atoms in total. The van der Waals surface area contributed by atoms with Crippen molar-refractivity contribution in [2.75, 3.05) is 6.26 Å². The number of hydrogen-bond donors (Lipinski definition) is 0. The smallest absolute Gasteiger partial charge is 0.271 e. The molecular weight excluding hydrogens is 520 g/mol. The minimum absolute atomic E-state index is 0.0360. The van der Waals surface area contributed by atoms with Gasteiger partial charge < -0.3 is 4.57 Å². The molecule has 0 saturated carbocycles.